The van der Waals surface area contributed by atoms with Crippen LogP contribution in [-0.4, -0.2) is 65.8 Å². The second-order valence-corrected chi connectivity index (χ2v) is 6.72. The molecule has 0 saturated carbocycles. The maximum absolute atomic E-state index is 6.08. The van der Waals surface area contributed by atoms with Gasteiger partial charge in [-0.25, -0.2) is 9.97 Å². The van der Waals surface area contributed by atoms with Gasteiger partial charge in [0.25, 0.3) is 0 Å². The average molecular weight is 372 g/mol. The number of piperidine rings is 1. The third kappa shape index (κ3) is 3.95. The zero-order valence-electron chi connectivity index (χ0n) is 15.6. The highest BCUT2D eigenvalue weighted by molar-refractivity contribution is 6.09. The van der Waals surface area contributed by atoms with Gasteiger partial charge >= 0.3 is 0 Å². The van der Waals surface area contributed by atoms with E-state index in [1.54, 1.807) is 25.8 Å². The lowest BCUT2D eigenvalue weighted by molar-refractivity contribution is 0.234. The summed E-state index contributed by atoms with van der Waals surface area (Å²) in [6, 6.07) is 0. The summed E-state index contributed by atoms with van der Waals surface area (Å²) in [6.07, 6.45) is 7.35. The Hall–Kier alpha value is -2.88. The molecule has 3 heterocycles. The number of allylic oxidation sites excluding steroid dienone is 1. The van der Waals surface area contributed by atoms with Crippen LogP contribution in [0.2, 0.25) is 0 Å². The van der Waals surface area contributed by atoms with E-state index in [4.69, 9.17) is 22.2 Å². The molecule has 1 saturated heterocycles. The molecule has 3 rings (SSSR count). The van der Waals surface area contributed by atoms with Crippen molar-refractivity contribution in [2.45, 2.75) is 24.8 Å². The van der Waals surface area contributed by atoms with Gasteiger partial charge in [-0.2, -0.15) is 0 Å². The topological polar surface area (TPSA) is 156 Å². The SMILES string of the molecule is CN/N=C(/N)N1CCC(CN)(N=CC(=CN)c2ncnc3c2CCN3)CC1. The number of hydrogen-bond acceptors (Lipinski definition) is 8. The van der Waals surface area contributed by atoms with Crippen LogP contribution in [0.1, 0.15) is 24.1 Å². The lowest BCUT2D eigenvalue weighted by Crippen LogP contribution is -2.51. The Kier molecular flexibility index (Phi) is 5.75. The number of nitrogens with two attached hydrogens (primary N) is 3. The molecule has 0 atom stereocenters. The van der Waals surface area contributed by atoms with Gasteiger partial charge in [-0.1, -0.05) is 0 Å². The van der Waals surface area contributed by atoms with Gasteiger partial charge < -0.3 is 32.8 Å². The van der Waals surface area contributed by atoms with Gasteiger partial charge in [-0.15, -0.1) is 5.10 Å². The predicted molar refractivity (Wildman–Crippen MR) is 108 cm³/mol. The van der Waals surface area contributed by atoms with E-state index in [0.717, 1.165) is 61.5 Å². The fraction of sp³-hybridized carbons (Fsp3) is 0.529. The van der Waals surface area contributed by atoms with Crippen molar-refractivity contribution in [3.8, 4) is 0 Å². The van der Waals surface area contributed by atoms with Crippen LogP contribution in [-0.2, 0) is 6.42 Å². The largest absolute Gasteiger partial charge is 0.404 e. The average Bonchev–Trinajstić information content (AvgIpc) is 3.18. The number of nitrogens with one attached hydrogen (secondary N) is 2. The molecule has 0 radical (unpaired) electrons. The number of guanidine groups is 1. The summed E-state index contributed by atoms with van der Waals surface area (Å²) in [5.74, 6) is 1.35. The normalized spacial score (nSPS) is 19.9. The molecule has 0 aliphatic carbocycles. The summed E-state index contributed by atoms with van der Waals surface area (Å²) in [4.78, 5) is 15.6. The van der Waals surface area contributed by atoms with Crippen molar-refractivity contribution in [3.05, 3.63) is 23.8 Å². The van der Waals surface area contributed by atoms with E-state index in [1.165, 1.54) is 0 Å². The van der Waals surface area contributed by atoms with Crippen LogP contribution < -0.4 is 27.9 Å². The zero-order chi connectivity index (χ0) is 19.3. The predicted octanol–water partition coefficient (Wildman–Crippen LogP) is -0.943. The first-order chi connectivity index (χ1) is 13.1. The van der Waals surface area contributed by atoms with Crippen LogP contribution in [0, 0.1) is 0 Å². The number of aromatic nitrogens is 2. The Bertz CT molecular complexity index is 746. The third-order valence-corrected chi connectivity index (χ3v) is 5.17. The number of nitrogens with zero attached hydrogens (tertiary/aromatic N) is 5. The van der Waals surface area contributed by atoms with E-state index < -0.39 is 0 Å². The number of anilines is 1. The quantitative estimate of drug-likeness (QED) is 0.252. The van der Waals surface area contributed by atoms with Crippen molar-refractivity contribution in [1.82, 2.24) is 20.3 Å². The summed E-state index contributed by atoms with van der Waals surface area (Å²) in [6.45, 7) is 2.82. The van der Waals surface area contributed by atoms with E-state index in [0.29, 0.717) is 12.5 Å². The van der Waals surface area contributed by atoms with Crippen molar-refractivity contribution in [2.75, 3.05) is 38.5 Å². The van der Waals surface area contributed by atoms with Crippen LogP contribution in [0.5, 0.6) is 0 Å². The van der Waals surface area contributed by atoms with Crippen molar-refractivity contribution in [2.24, 2.45) is 27.3 Å². The smallest absolute Gasteiger partial charge is 0.213 e. The number of hydrazone groups is 1. The molecule has 0 spiro atoms. The maximum atomic E-state index is 6.08. The minimum absolute atomic E-state index is 0.334. The Morgan fingerprint density at radius 2 is 2.19 bits per heavy atom. The van der Waals surface area contributed by atoms with Crippen LogP contribution in [0.4, 0.5) is 5.82 Å². The molecule has 8 N–H and O–H groups in total. The summed E-state index contributed by atoms with van der Waals surface area (Å²) in [5.41, 5.74) is 23.0. The van der Waals surface area contributed by atoms with Crippen molar-refractivity contribution < 1.29 is 0 Å². The minimum atomic E-state index is -0.334. The van der Waals surface area contributed by atoms with Gasteiger partial charge in [-0.3, -0.25) is 4.99 Å². The number of rotatable bonds is 5. The molecular weight excluding hydrogens is 344 g/mol. The third-order valence-electron chi connectivity index (χ3n) is 5.17. The molecule has 0 unspecified atom stereocenters. The van der Waals surface area contributed by atoms with Crippen molar-refractivity contribution in [1.29, 1.82) is 0 Å². The van der Waals surface area contributed by atoms with E-state index in [-0.39, 0.29) is 5.54 Å². The lowest BCUT2D eigenvalue weighted by atomic mass is 9.88. The molecule has 0 amide bonds. The maximum Gasteiger partial charge on any atom is 0.213 e. The van der Waals surface area contributed by atoms with Crippen LogP contribution in [0.25, 0.3) is 5.57 Å². The molecule has 10 nitrogen and oxygen atoms in total. The summed E-state index contributed by atoms with van der Waals surface area (Å²) in [7, 11) is 1.73. The lowest BCUT2D eigenvalue weighted by Gasteiger charge is -2.38. The van der Waals surface area contributed by atoms with Gasteiger partial charge in [0.05, 0.1) is 11.2 Å². The number of hydrogen-bond donors (Lipinski definition) is 5. The Balaban J connectivity index is 1.75. The van der Waals surface area contributed by atoms with Gasteiger partial charge in [0.15, 0.2) is 0 Å². The zero-order valence-corrected chi connectivity index (χ0v) is 15.6. The van der Waals surface area contributed by atoms with E-state index in [9.17, 15) is 0 Å². The first kappa shape index (κ1) is 18.9. The molecule has 2 aliphatic rings. The monoisotopic (exact) mass is 372 g/mol. The van der Waals surface area contributed by atoms with Crippen molar-refractivity contribution >= 4 is 23.6 Å². The highest BCUT2D eigenvalue weighted by atomic mass is 15.4. The molecule has 27 heavy (non-hydrogen) atoms. The molecule has 1 aromatic rings. The molecule has 0 aromatic carbocycles. The molecule has 1 aromatic heterocycles. The molecule has 10 heteroatoms. The molecule has 2 aliphatic heterocycles. The fourth-order valence-electron chi connectivity index (χ4n) is 3.47. The molecule has 1 fully saturated rings. The number of fused-ring (bicyclic) bond motifs is 1. The fourth-order valence-corrected chi connectivity index (χ4v) is 3.47. The second-order valence-electron chi connectivity index (χ2n) is 6.72. The first-order valence-electron chi connectivity index (χ1n) is 9.12. The van der Waals surface area contributed by atoms with E-state index in [2.05, 4.69) is 25.8 Å². The van der Waals surface area contributed by atoms with Crippen molar-refractivity contribution in [3.63, 3.8) is 0 Å². The van der Waals surface area contributed by atoms with Crippen LogP contribution in [0.15, 0.2) is 22.6 Å². The summed E-state index contributed by atoms with van der Waals surface area (Å²) >= 11 is 0. The molecular formula is C17H28N10. The second kappa shape index (κ2) is 8.21. The minimum Gasteiger partial charge on any atom is -0.404 e. The number of likely N-dealkylation sites (tertiary alicyclic amines) is 1. The van der Waals surface area contributed by atoms with E-state index in [1.807, 2.05) is 4.90 Å². The highest BCUT2D eigenvalue weighted by Crippen LogP contribution is 2.28. The number of aliphatic imine (C=N–C) groups is 1. The van der Waals surface area contributed by atoms with Gasteiger partial charge in [0.1, 0.15) is 12.1 Å². The Morgan fingerprint density at radius 1 is 1.41 bits per heavy atom. The van der Waals surface area contributed by atoms with Gasteiger partial charge in [0.2, 0.25) is 5.96 Å². The standard InChI is InChI=1S/C17H28N10/c1-21-26-16(20)27-6-3-17(10-19,4-7-27)25-9-12(8-18)14-13-2-5-22-15(13)24-11-23-14/h8-9,11,21H,2-7,10,18-19H2,1H3,(H2,20,26)(H,22,23,24). The first-order valence-corrected chi connectivity index (χ1v) is 9.12. The van der Waals surface area contributed by atoms with E-state index >= 15 is 0 Å². The highest BCUT2D eigenvalue weighted by Gasteiger charge is 2.33. The van der Waals surface area contributed by atoms with Gasteiger partial charge in [-0.05, 0) is 19.3 Å². The molecule has 146 valence electrons. The summed E-state index contributed by atoms with van der Waals surface area (Å²) < 4.78 is 0. The van der Waals surface area contributed by atoms with Gasteiger partial charge in [0, 0.05) is 56.8 Å². The molecule has 0 bridgehead atoms. The Morgan fingerprint density at radius 3 is 2.85 bits per heavy atom. The Labute approximate surface area is 159 Å². The van der Waals surface area contributed by atoms with Crippen LogP contribution in [0.3, 0.4) is 0 Å². The summed E-state index contributed by atoms with van der Waals surface area (Å²) in [5, 5.41) is 7.29. The van der Waals surface area contributed by atoms with Crippen LogP contribution >= 0.6 is 0 Å².